The van der Waals surface area contributed by atoms with Gasteiger partial charge in [0.25, 0.3) is 5.91 Å². The first-order valence-corrected chi connectivity index (χ1v) is 8.07. The topological polar surface area (TPSA) is 81.2 Å². The number of nitrogens with two attached hydrogens (primary N) is 1. The van der Waals surface area contributed by atoms with Crippen molar-refractivity contribution < 1.29 is 9.32 Å². The second-order valence-corrected chi connectivity index (χ2v) is 6.05. The fourth-order valence-corrected chi connectivity index (χ4v) is 3.07. The molecule has 6 heteroatoms. The predicted octanol–water partition coefficient (Wildman–Crippen LogP) is 3.47. The van der Waals surface area contributed by atoms with Crippen molar-refractivity contribution in [1.29, 1.82) is 0 Å². The van der Waals surface area contributed by atoms with Gasteiger partial charge in [-0.2, -0.15) is 0 Å². The maximum Gasteiger partial charge on any atom is 0.259 e. The molecular formula is C15H21N3O2S. The first kappa shape index (κ1) is 15.6. The van der Waals surface area contributed by atoms with Crippen molar-refractivity contribution in [2.45, 2.75) is 46.1 Å². The Balaban J connectivity index is 2.31. The first-order chi connectivity index (χ1) is 10.1. The number of carbonyl (C=O) groups is 1. The molecule has 21 heavy (non-hydrogen) atoms. The molecule has 2 heterocycles. The quantitative estimate of drug-likeness (QED) is 0.856. The number of aromatic nitrogens is 1. The number of nitrogens with one attached hydrogen (secondary N) is 1. The fourth-order valence-electron chi connectivity index (χ4n) is 2.14. The van der Waals surface area contributed by atoms with Crippen LogP contribution in [0.15, 0.2) is 16.7 Å². The third kappa shape index (κ3) is 3.26. The van der Waals surface area contributed by atoms with Crippen LogP contribution in [0.1, 0.15) is 48.8 Å². The Labute approximate surface area is 128 Å². The highest BCUT2D eigenvalue weighted by Gasteiger charge is 2.24. The van der Waals surface area contributed by atoms with Crippen LogP contribution in [0, 0.1) is 0 Å². The van der Waals surface area contributed by atoms with Crippen molar-refractivity contribution in [3.8, 4) is 10.6 Å². The van der Waals surface area contributed by atoms with Crippen LogP contribution in [-0.2, 0) is 6.42 Å². The molecule has 5 nitrogen and oxygen atoms in total. The molecule has 3 N–H and O–H groups in total. The summed E-state index contributed by atoms with van der Waals surface area (Å²) < 4.78 is 5.04. The number of thiophene rings is 1. The van der Waals surface area contributed by atoms with Crippen LogP contribution in [0.2, 0.25) is 0 Å². The van der Waals surface area contributed by atoms with E-state index in [1.807, 2.05) is 26.0 Å². The number of carbonyl (C=O) groups excluding carboxylic acids is 1. The minimum Gasteiger partial charge on any atom is -0.367 e. The Morgan fingerprint density at radius 3 is 2.67 bits per heavy atom. The lowest BCUT2D eigenvalue weighted by atomic mass is 10.1. The monoisotopic (exact) mass is 307 g/mol. The summed E-state index contributed by atoms with van der Waals surface area (Å²) in [5, 5.41) is 6.94. The van der Waals surface area contributed by atoms with Crippen LogP contribution in [0.4, 0.5) is 5.88 Å². The van der Waals surface area contributed by atoms with E-state index in [-0.39, 0.29) is 17.8 Å². The second kappa shape index (κ2) is 6.76. The van der Waals surface area contributed by atoms with Crippen molar-refractivity contribution >= 4 is 23.1 Å². The Kier molecular flexibility index (Phi) is 5.01. The zero-order valence-corrected chi connectivity index (χ0v) is 13.4. The number of hydrogen-bond donors (Lipinski definition) is 2. The van der Waals surface area contributed by atoms with E-state index < -0.39 is 0 Å². The van der Waals surface area contributed by atoms with E-state index in [0.29, 0.717) is 11.3 Å². The minimum atomic E-state index is -0.219. The molecule has 0 bridgehead atoms. The van der Waals surface area contributed by atoms with Gasteiger partial charge in [-0.25, -0.2) is 0 Å². The maximum absolute atomic E-state index is 12.4. The minimum absolute atomic E-state index is 0.0694. The van der Waals surface area contributed by atoms with Gasteiger partial charge in [0.05, 0.1) is 4.88 Å². The van der Waals surface area contributed by atoms with Crippen LogP contribution >= 0.6 is 11.3 Å². The van der Waals surface area contributed by atoms with Crippen molar-refractivity contribution in [2.75, 3.05) is 5.73 Å². The smallest absolute Gasteiger partial charge is 0.259 e. The molecule has 2 rings (SSSR count). The lowest BCUT2D eigenvalue weighted by Crippen LogP contribution is -2.34. The lowest BCUT2D eigenvalue weighted by molar-refractivity contribution is 0.0936. The fraction of sp³-hybridized carbons (Fsp3) is 0.467. The van der Waals surface area contributed by atoms with Gasteiger partial charge < -0.3 is 15.6 Å². The molecule has 0 unspecified atom stereocenters. The number of amides is 1. The summed E-state index contributed by atoms with van der Waals surface area (Å²) in [4.78, 5) is 14.6. The van der Waals surface area contributed by atoms with Gasteiger partial charge in [-0.1, -0.05) is 25.9 Å². The SMILES string of the molecule is CCc1ccc(-c2noc(N)c2C(=O)NC(CC)CC)s1. The number of nitrogen functional groups attached to an aromatic ring is 1. The van der Waals surface area contributed by atoms with Crippen LogP contribution in [0.5, 0.6) is 0 Å². The van der Waals surface area contributed by atoms with Gasteiger partial charge in [-0.3, -0.25) is 4.79 Å². The van der Waals surface area contributed by atoms with Crippen LogP contribution in [0.25, 0.3) is 10.6 Å². The molecule has 1 amide bonds. The van der Waals surface area contributed by atoms with E-state index in [9.17, 15) is 4.79 Å². The summed E-state index contributed by atoms with van der Waals surface area (Å²) in [5.74, 6) is -0.149. The molecule has 0 saturated heterocycles. The standard InChI is InChI=1S/C15H21N3O2S/c1-4-9(5-2)17-15(19)12-13(18-20-14(12)16)11-8-7-10(6-3)21-11/h7-9H,4-6,16H2,1-3H3,(H,17,19). The molecule has 0 fully saturated rings. The lowest BCUT2D eigenvalue weighted by Gasteiger charge is -2.14. The molecule has 2 aromatic rings. The molecule has 0 atom stereocenters. The van der Waals surface area contributed by atoms with Crippen LogP contribution in [-0.4, -0.2) is 17.1 Å². The van der Waals surface area contributed by atoms with Crippen molar-refractivity contribution in [3.63, 3.8) is 0 Å². The molecule has 0 saturated carbocycles. The van der Waals surface area contributed by atoms with Gasteiger partial charge in [0.15, 0.2) is 0 Å². The van der Waals surface area contributed by atoms with E-state index in [0.717, 1.165) is 24.1 Å². The molecule has 2 aromatic heterocycles. The molecular weight excluding hydrogens is 286 g/mol. The average molecular weight is 307 g/mol. The predicted molar refractivity (Wildman–Crippen MR) is 85.4 cm³/mol. The highest BCUT2D eigenvalue weighted by Crippen LogP contribution is 2.32. The van der Waals surface area contributed by atoms with E-state index in [2.05, 4.69) is 17.4 Å². The highest BCUT2D eigenvalue weighted by molar-refractivity contribution is 7.15. The highest BCUT2D eigenvalue weighted by atomic mass is 32.1. The summed E-state index contributed by atoms with van der Waals surface area (Å²) in [6.45, 7) is 6.17. The Morgan fingerprint density at radius 1 is 1.38 bits per heavy atom. The number of aryl methyl sites for hydroxylation is 1. The maximum atomic E-state index is 12.4. The van der Waals surface area contributed by atoms with Gasteiger partial charge >= 0.3 is 0 Å². The number of rotatable bonds is 6. The molecule has 0 aliphatic heterocycles. The van der Waals surface area contributed by atoms with E-state index in [1.54, 1.807) is 11.3 Å². The van der Waals surface area contributed by atoms with E-state index in [4.69, 9.17) is 10.3 Å². The van der Waals surface area contributed by atoms with Gasteiger partial charge in [0, 0.05) is 10.9 Å². The average Bonchev–Trinajstić information content (AvgIpc) is 3.10. The normalized spacial score (nSPS) is 11.0. The summed E-state index contributed by atoms with van der Waals surface area (Å²) in [5.41, 5.74) is 6.66. The number of anilines is 1. The molecule has 0 spiro atoms. The first-order valence-electron chi connectivity index (χ1n) is 7.25. The number of nitrogens with zero attached hydrogens (tertiary/aromatic N) is 1. The Bertz CT molecular complexity index is 614. The van der Waals surface area contributed by atoms with Crippen LogP contribution < -0.4 is 11.1 Å². The Morgan fingerprint density at radius 2 is 2.10 bits per heavy atom. The molecule has 0 aromatic carbocycles. The van der Waals surface area contributed by atoms with E-state index >= 15 is 0 Å². The van der Waals surface area contributed by atoms with Crippen molar-refractivity contribution in [2.24, 2.45) is 0 Å². The van der Waals surface area contributed by atoms with Gasteiger partial charge in [-0.15, -0.1) is 11.3 Å². The van der Waals surface area contributed by atoms with Crippen LogP contribution in [0.3, 0.4) is 0 Å². The summed E-state index contributed by atoms with van der Waals surface area (Å²) >= 11 is 1.60. The third-order valence-electron chi connectivity index (χ3n) is 3.51. The molecule has 114 valence electrons. The largest absolute Gasteiger partial charge is 0.367 e. The Hall–Kier alpha value is -1.82. The van der Waals surface area contributed by atoms with Crippen molar-refractivity contribution in [1.82, 2.24) is 10.5 Å². The van der Waals surface area contributed by atoms with E-state index in [1.165, 1.54) is 4.88 Å². The molecule has 0 aliphatic carbocycles. The van der Waals surface area contributed by atoms with Gasteiger partial charge in [-0.05, 0) is 31.4 Å². The molecule has 0 radical (unpaired) electrons. The van der Waals surface area contributed by atoms with Gasteiger partial charge in [0.1, 0.15) is 11.3 Å². The molecule has 0 aliphatic rings. The number of hydrogen-bond acceptors (Lipinski definition) is 5. The van der Waals surface area contributed by atoms with Crippen molar-refractivity contribution in [3.05, 3.63) is 22.6 Å². The summed E-state index contributed by atoms with van der Waals surface area (Å²) in [6.07, 6.45) is 2.71. The summed E-state index contributed by atoms with van der Waals surface area (Å²) in [7, 11) is 0. The third-order valence-corrected chi connectivity index (χ3v) is 4.75. The zero-order valence-electron chi connectivity index (χ0n) is 12.6. The zero-order chi connectivity index (χ0) is 15.4. The second-order valence-electron chi connectivity index (χ2n) is 4.88. The van der Waals surface area contributed by atoms with Gasteiger partial charge in [0.2, 0.25) is 5.88 Å². The summed E-state index contributed by atoms with van der Waals surface area (Å²) in [6, 6.07) is 4.12.